The van der Waals surface area contributed by atoms with Gasteiger partial charge in [0.05, 0.1) is 6.42 Å². The van der Waals surface area contributed by atoms with E-state index in [0.717, 1.165) is 109 Å². The Morgan fingerprint density at radius 2 is 0.741 bits per heavy atom. The second-order valence-electron chi connectivity index (χ2n) is 14.9. The molecule has 0 saturated heterocycles. The van der Waals surface area contributed by atoms with Crippen LogP contribution in [-0.2, 0) is 28.6 Å². The minimum atomic E-state index is -0.826. The van der Waals surface area contributed by atoms with Crippen molar-refractivity contribution in [3.63, 3.8) is 0 Å². The largest absolute Gasteiger partial charge is 0.462 e. The Bertz CT molecular complexity index is 1200. The van der Waals surface area contributed by atoms with Gasteiger partial charge in [0.2, 0.25) is 0 Å². The lowest BCUT2D eigenvalue weighted by Gasteiger charge is -2.18. The average molecular weight is 805 g/mol. The zero-order chi connectivity index (χ0) is 42.3. The number of carbonyl (C=O) groups excluding carboxylic acids is 3. The summed E-state index contributed by atoms with van der Waals surface area (Å²) < 4.78 is 16.6. The summed E-state index contributed by atoms with van der Waals surface area (Å²) in [6.07, 6.45) is 59.8. The summed E-state index contributed by atoms with van der Waals surface area (Å²) in [4.78, 5) is 37.7. The Labute approximate surface area is 356 Å². The normalized spacial score (nSPS) is 12.9. The second-order valence-corrected chi connectivity index (χ2v) is 14.9. The van der Waals surface area contributed by atoms with Crippen LogP contribution >= 0.6 is 0 Å². The summed E-state index contributed by atoms with van der Waals surface area (Å²) in [5, 5.41) is 0. The molecule has 0 bridgehead atoms. The van der Waals surface area contributed by atoms with Gasteiger partial charge in [-0.15, -0.1) is 0 Å². The van der Waals surface area contributed by atoms with Crippen molar-refractivity contribution in [2.45, 2.75) is 200 Å². The fraction of sp³-hybridized carbons (Fsp3) is 0.635. The molecule has 0 spiro atoms. The average Bonchev–Trinajstić information content (AvgIpc) is 3.22. The molecule has 6 heteroatoms. The van der Waals surface area contributed by atoms with Crippen LogP contribution in [0.15, 0.2) is 97.2 Å². The van der Waals surface area contributed by atoms with E-state index in [0.29, 0.717) is 6.42 Å². The molecule has 0 aliphatic rings. The first kappa shape index (κ1) is 54.3. The van der Waals surface area contributed by atoms with Gasteiger partial charge >= 0.3 is 17.9 Å². The molecular formula is C52H84O6. The summed E-state index contributed by atoms with van der Waals surface area (Å²) in [6, 6.07) is 0. The number of esters is 3. The molecule has 0 radical (unpaired) electrons. The molecule has 0 heterocycles. The minimum absolute atomic E-state index is 0.119. The summed E-state index contributed by atoms with van der Waals surface area (Å²) >= 11 is 0. The van der Waals surface area contributed by atoms with E-state index in [1.807, 2.05) is 6.08 Å². The summed E-state index contributed by atoms with van der Waals surface area (Å²) in [5.41, 5.74) is 0. The lowest BCUT2D eigenvalue weighted by Crippen LogP contribution is -2.30. The van der Waals surface area contributed by atoms with Crippen LogP contribution in [-0.4, -0.2) is 37.2 Å². The molecule has 1 atom stereocenters. The van der Waals surface area contributed by atoms with Crippen molar-refractivity contribution in [2.24, 2.45) is 0 Å². The van der Waals surface area contributed by atoms with Crippen LogP contribution in [0.4, 0.5) is 0 Å². The smallest absolute Gasteiger partial charge is 0.309 e. The third-order valence-corrected chi connectivity index (χ3v) is 9.32. The maximum Gasteiger partial charge on any atom is 0.309 e. The molecule has 1 unspecified atom stereocenters. The molecule has 0 saturated carbocycles. The van der Waals surface area contributed by atoms with E-state index in [-0.39, 0.29) is 38.0 Å². The number of hydrogen-bond acceptors (Lipinski definition) is 6. The van der Waals surface area contributed by atoms with Crippen LogP contribution in [0.2, 0.25) is 0 Å². The van der Waals surface area contributed by atoms with E-state index < -0.39 is 12.1 Å². The standard InChI is InChI=1S/C52H84O6/c1-4-7-10-13-16-19-22-24-26-28-30-33-36-39-42-45-51(54)57-48-49(47-56-50(53)44-41-38-35-32-29-21-18-15-12-9-6-3)58-52(55)46-43-40-37-34-31-27-25-23-20-17-14-11-8-5-2/h7,10,14-19,23-26,30,33,39,42,49H,4-6,8-9,11-13,20-22,27-29,31-32,34-38,40-41,43-48H2,1-3H3/b10-7-,17-14-,18-15-,19-16-,25-23-,26-24-,33-30-,42-39-. The predicted molar refractivity (Wildman–Crippen MR) is 247 cm³/mol. The molecule has 0 aliphatic carbocycles. The maximum absolute atomic E-state index is 12.7. The van der Waals surface area contributed by atoms with E-state index in [4.69, 9.17) is 14.2 Å². The Morgan fingerprint density at radius 3 is 1.22 bits per heavy atom. The Morgan fingerprint density at radius 1 is 0.379 bits per heavy atom. The summed E-state index contributed by atoms with van der Waals surface area (Å²) in [5.74, 6) is -1.09. The quantitative estimate of drug-likeness (QED) is 0.0266. The van der Waals surface area contributed by atoms with Crippen molar-refractivity contribution in [1.82, 2.24) is 0 Å². The highest BCUT2D eigenvalue weighted by molar-refractivity contribution is 5.72. The molecule has 0 N–H and O–H groups in total. The highest BCUT2D eigenvalue weighted by Crippen LogP contribution is 2.12. The Balaban J connectivity index is 4.56. The number of carbonyl (C=O) groups is 3. The van der Waals surface area contributed by atoms with Crippen LogP contribution < -0.4 is 0 Å². The highest BCUT2D eigenvalue weighted by atomic mass is 16.6. The molecule has 0 aliphatic heterocycles. The van der Waals surface area contributed by atoms with Crippen molar-refractivity contribution in [3.05, 3.63) is 97.2 Å². The Hall–Kier alpha value is -3.67. The molecule has 0 aromatic carbocycles. The van der Waals surface area contributed by atoms with Gasteiger partial charge in [-0.3, -0.25) is 14.4 Å². The topological polar surface area (TPSA) is 78.9 Å². The summed E-state index contributed by atoms with van der Waals surface area (Å²) in [7, 11) is 0. The van der Waals surface area contributed by atoms with Gasteiger partial charge in [0.25, 0.3) is 0 Å². The van der Waals surface area contributed by atoms with Crippen LogP contribution in [0.1, 0.15) is 194 Å². The predicted octanol–water partition coefficient (Wildman–Crippen LogP) is 15.0. The molecule has 0 fully saturated rings. The van der Waals surface area contributed by atoms with Gasteiger partial charge in [0.15, 0.2) is 6.10 Å². The van der Waals surface area contributed by atoms with Gasteiger partial charge in [-0.05, 0) is 89.9 Å². The van der Waals surface area contributed by atoms with E-state index >= 15 is 0 Å². The van der Waals surface area contributed by atoms with Crippen LogP contribution in [0.5, 0.6) is 0 Å². The van der Waals surface area contributed by atoms with Crippen molar-refractivity contribution < 1.29 is 28.6 Å². The molecule has 0 aromatic heterocycles. The molecule has 0 rings (SSSR count). The third-order valence-electron chi connectivity index (χ3n) is 9.32. The van der Waals surface area contributed by atoms with Gasteiger partial charge < -0.3 is 14.2 Å². The van der Waals surface area contributed by atoms with Gasteiger partial charge in [0.1, 0.15) is 13.2 Å². The fourth-order valence-electron chi connectivity index (χ4n) is 5.80. The monoisotopic (exact) mass is 805 g/mol. The lowest BCUT2D eigenvalue weighted by molar-refractivity contribution is -0.166. The van der Waals surface area contributed by atoms with Crippen LogP contribution in [0.3, 0.4) is 0 Å². The van der Waals surface area contributed by atoms with E-state index in [2.05, 4.69) is 106 Å². The van der Waals surface area contributed by atoms with E-state index in [1.54, 1.807) is 6.08 Å². The first-order valence-corrected chi connectivity index (χ1v) is 23.2. The molecule has 58 heavy (non-hydrogen) atoms. The molecule has 0 amide bonds. The van der Waals surface area contributed by atoms with Crippen molar-refractivity contribution in [3.8, 4) is 0 Å². The van der Waals surface area contributed by atoms with Crippen LogP contribution in [0.25, 0.3) is 0 Å². The van der Waals surface area contributed by atoms with Crippen molar-refractivity contribution in [2.75, 3.05) is 13.2 Å². The van der Waals surface area contributed by atoms with Gasteiger partial charge in [-0.25, -0.2) is 0 Å². The van der Waals surface area contributed by atoms with Crippen molar-refractivity contribution in [1.29, 1.82) is 0 Å². The molecule has 328 valence electrons. The number of rotatable bonds is 40. The lowest BCUT2D eigenvalue weighted by atomic mass is 10.1. The number of allylic oxidation sites excluding steroid dienone is 15. The fourth-order valence-corrected chi connectivity index (χ4v) is 5.80. The number of unbranched alkanes of at least 4 members (excludes halogenated alkanes) is 14. The van der Waals surface area contributed by atoms with Crippen LogP contribution in [0, 0.1) is 0 Å². The third kappa shape index (κ3) is 43.5. The minimum Gasteiger partial charge on any atom is -0.462 e. The second kappa shape index (κ2) is 46.0. The van der Waals surface area contributed by atoms with Gasteiger partial charge in [-0.1, -0.05) is 182 Å². The van der Waals surface area contributed by atoms with E-state index in [9.17, 15) is 14.4 Å². The SMILES string of the molecule is CC/C=C\C/C=C\C/C=C\C/C=C\C/C=C\CC(=O)OCC(COC(=O)CCCCCCC/C=C\CCCC)OC(=O)CCCCCCC/C=C\C/C=C\CCCC. The van der Waals surface area contributed by atoms with E-state index in [1.165, 1.54) is 44.9 Å². The molecular weight excluding hydrogens is 721 g/mol. The van der Waals surface area contributed by atoms with Gasteiger partial charge in [0, 0.05) is 12.8 Å². The first-order valence-electron chi connectivity index (χ1n) is 23.2. The zero-order valence-electron chi connectivity index (χ0n) is 37.3. The van der Waals surface area contributed by atoms with Gasteiger partial charge in [-0.2, -0.15) is 0 Å². The number of hydrogen-bond donors (Lipinski definition) is 0. The first-order chi connectivity index (χ1) is 28.5. The number of ether oxygens (including phenoxy) is 3. The zero-order valence-corrected chi connectivity index (χ0v) is 37.3. The molecule has 0 aromatic rings. The maximum atomic E-state index is 12.7. The van der Waals surface area contributed by atoms with Crippen molar-refractivity contribution >= 4 is 17.9 Å². The molecule has 6 nitrogen and oxygen atoms in total. The summed E-state index contributed by atoms with van der Waals surface area (Å²) in [6.45, 7) is 6.31. The Kier molecular flexibility index (Phi) is 43.1. The highest BCUT2D eigenvalue weighted by Gasteiger charge is 2.19.